The van der Waals surface area contributed by atoms with Crippen LogP contribution in [0.2, 0.25) is 0 Å². The van der Waals surface area contributed by atoms with Gasteiger partial charge in [-0.05, 0) is 25.0 Å². The van der Waals surface area contributed by atoms with Gasteiger partial charge in [0.1, 0.15) is 0 Å². The maximum atomic E-state index is 11.8. The maximum Gasteiger partial charge on any atom is 0.289 e. The van der Waals surface area contributed by atoms with Gasteiger partial charge in [0.2, 0.25) is 0 Å². The van der Waals surface area contributed by atoms with E-state index in [4.69, 9.17) is 4.42 Å². The SMILES string of the molecule is CCC(CC)N(C)C(=O)c1ccco1. The smallest absolute Gasteiger partial charge is 0.289 e. The minimum Gasteiger partial charge on any atom is -0.459 e. The molecule has 1 aromatic heterocycles. The van der Waals surface area contributed by atoms with Crippen LogP contribution in [0.25, 0.3) is 0 Å². The molecule has 1 aromatic rings. The first-order chi connectivity index (χ1) is 6.70. The van der Waals surface area contributed by atoms with E-state index in [2.05, 4.69) is 13.8 Å². The molecular formula is C11H17NO2. The molecule has 0 aliphatic carbocycles. The predicted molar refractivity (Wildman–Crippen MR) is 55.2 cm³/mol. The van der Waals surface area contributed by atoms with Gasteiger partial charge in [-0.25, -0.2) is 0 Å². The molecule has 1 heterocycles. The number of nitrogens with zero attached hydrogens (tertiary/aromatic N) is 1. The van der Waals surface area contributed by atoms with Crippen LogP contribution in [0.15, 0.2) is 22.8 Å². The Morgan fingerprint density at radius 2 is 2.14 bits per heavy atom. The summed E-state index contributed by atoms with van der Waals surface area (Å²) in [5.41, 5.74) is 0. The molecule has 0 atom stereocenters. The largest absolute Gasteiger partial charge is 0.459 e. The Labute approximate surface area is 84.7 Å². The lowest BCUT2D eigenvalue weighted by Crippen LogP contribution is -2.35. The van der Waals surface area contributed by atoms with Crippen LogP contribution in [0.4, 0.5) is 0 Å². The number of carbonyl (C=O) groups is 1. The standard InChI is InChI=1S/C11H17NO2/c1-4-9(5-2)12(3)11(13)10-7-6-8-14-10/h6-9H,4-5H2,1-3H3. The molecule has 0 fully saturated rings. The second kappa shape index (κ2) is 4.84. The zero-order valence-electron chi connectivity index (χ0n) is 8.99. The molecule has 0 spiro atoms. The molecule has 0 saturated carbocycles. The zero-order chi connectivity index (χ0) is 10.6. The summed E-state index contributed by atoms with van der Waals surface area (Å²) in [6.07, 6.45) is 3.47. The van der Waals surface area contributed by atoms with Crippen LogP contribution in [-0.2, 0) is 0 Å². The van der Waals surface area contributed by atoms with E-state index in [-0.39, 0.29) is 5.91 Å². The van der Waals surface area contributed by atoms with Crippen LogP contribution in [0.3, 0.4) is 0 Å². The van der Waals surface area contributed by atoms with E-state index in [0.29, 0.717) is 11.8 Å². The Morgan fingerprint density at radius 1 is 1.50 bits per heavy atom. The molecule has 0 radical (unpaired) electrons. The van der Waals surface area contributed by atoms with Crippen LogP contribution in [0, 0.1) is 0 Å². The van der Waals surface area contributed by atoms with Gasteiger partial charge in [0.25, 0.3) is 5.91 Å². The fraction of sp³-hybridized carbons (Fsp3) is 0.545. The van der Waals surface area contributed by atoms with Crippen molar-refractivity contribution in [2.24, 2.45) is 0 Å². The Kier molecular flexibility index (Phi) is 3.74. The molecule has 0 unspecified atom stereocenters. The number of amides is 1. The van der Waals surface area contributed by atoms with Gasteiger partial charge in [0, 0.05) is 13.1 Å². The highest BCUT2D eigenvalue weighted by atomic mass is 16.3. The first-order valence-electron chi connectivity index (χ1n) is 5.01. The number of rotatable bonds is 4. The van der Waals surface area contributed by atoms with Gasteiger partial charge in [0.05, 0.1) is 6.26 Å². The molecule has 0 N–H and O–H groups in total. The molecule has 3 nitrogen and oxygen atoms in total. The summed E-state index contributed by atoms with van der Waals surface area (Å²) in [7, 11) is 1.82. The van der Waals surface area contributed by atoms with Crippen molar-refractivity contribution in [3.8, 4) is 0 Å². The second-order valence-electron chi connectivity index (χ2n) is 3.36. The average molecular weight is 195 g/mol. The van der Waals surface area contributed by atoms with Gasteiger partial charge >= 0.3 is 0 Å². The minimum atomic E-state index is -0.0382. The fourth-order valence-corrected chi connectivity index (χ4v) is 1.58. The van der Waals surface area contributed by atoms with E-state index in [1.54, 1.807) is 17.0 Å². The van der Waals surface area contributed by atoms with Crippen molar-refractivity contribution < 1.29 is 9.21 Å². The van der Waals surface area contributed by atoms with Gasteiger partial charge in [-0.2, -0.15) is 0 Å². The lowest BCUT2D eigenvalue weighted by atomic mass is 10.1. The second-order valence-corrected chi connectivity index (χ2v) is 3.36. The molecular weight excluding hydrogens is 178 g/mol. The van der Waals surface area contributed by atoms with Gasteiger partial charge < -0.3 is 9.32 Å². The highest BCUT2D eigenvalue weighted by Crippen LogP contribution is 2.11. The molecule has 1 rings (SSSR count). The normalized spacial score (nSPS) is 10.6. The predicted octanol–water partition coefficient (Wildman–Crippen LogP) is 2.54. The van der Waals surface area contributed by atoms with Crippen molar-refractivity contribution in [3.05, 3.63) is 24.2 Å². The number of hydrogen-bond acceptors (Lipinski definition) is 2. The zero-order valence-corrected chi connectivity index (χ0v) is 8.99. The maximum absolute atomic E-state index is 11.8. The van der Waals surface area contributed by atoms with Crippen LogP contribution >= 0.6 is 0 Å². The van der Waals surface area contributed by atoms with Crippen molar-refractivity contribution >= 4 is 5.91 Å². The van der Waals surface area contributed by atoms with Gasteiger partial charge in [0.15, 0.2) is 5.76 Å². The molecule has 14 heavy (non-hydrogen) atoms. The molecule has 3 heteroatoms. The summed E-state index contributed by atoms with van der Waals surface area (Å²) in [5, 5.41) is 0. The van der Waals surface area contributed by atoms with Crippen molar-refractivity contribution in [1.29, 1.82) is 0 Å². The third-order valence-electron chi connectivity index (χ3n) is 2.54. The van der Waals surface area contributed by atoms with Crippen LogP contribution < -0.4 is 0 Å². The summed E-state index contributed by atoms with van der Waals surface area (Å²) in [6, 6.07) is 3.72. The van der Waals surface area contributed by atoms with E-state index < -0.39 is 0 Å². The summed E-state index contributed by atoms with van der Waals surface area (Å²) < 4.78 is 5.06. The molecule has 0 saturated heterocycles. The topological polar surface area (TPSA) is 33.5 Å². The molecule has 0 aliphatic heterocycles. The van der Waals surface area contributed by atoms with E-state index in [9.17, 15) is 4.79 Å². The Hall–Kier alpha value is -1.25. The van der Waals surface area contributed by atoms with Gasteiger partial charge in [-0.3, -0.25) is 4.79 Å². The average Bonchev–Trinajstić information content (AvgIpc) is 2.71. The van der Waals surface area contributed by atoms with Crippen molar-refractivity contribution in [2.75, 3.05) is 7.05 Å². The highest BCUT2D eigenvalue weighted by molar-refractivity contribution is 5.91. The molecule has 78 valence electrons. The summed E-state index contributed by atoms with van der Waals surface area (Å²) in [5.74, 6) is 0.378. The van der Waals surface area contributed by atoms with Crippen molar-refractivity contribution in [1.82, 2.24) is 4.90 Å². The summed E-state index contributed by atoms with van der Waals surface area (Å²) >= 11 is 0. The Morgan fingerprint density at radius 3 is 2.57 bits per heavy atom. The third kappa shape index (κ3) is 2.16. The minimum absolute atomic E-state index is 0.0382. The van der Waals surface area contributed by atoms with Crippen molar-refractivity contribution in [2.45, 2.75) is 32.7 Å². The van der Waals surface area contributed by atoms with Gasteiger partial charge in [-0.1, -0.05) is 13.8 Å². The molecule has 0 bridgehead atoms. The van der Waals surface area contributed by atoms with E-state index in [1.165, 1.54) is 6.26 Å². The van der Waals surface area contributed by atoms with Crippen LogP contribution in [-0.4, -0.2) is 23.9 Å². The van der Waals surface area contributed by atoms with E-state index in [0.717, 1.165) is 12.8 Å². The number of furan rings is 1. The number of carbonyl (C=O) groups excluding carboxylic acids is 1. The summed E-state index contributed by atoms with van der Waals surface area (Å²) in [6.45, 7) is 4.17. The molecule has 0 aliphatic rings. The van der Waals surface area contributed by atoms with Crippen LogP contribution in [0.1, 0.15) is 37.2 Å². The Bertz CT molecular complexity index is 275. The lowest BCUT2D eigenvalue weighted by molar-refractivity contribution is 0.0691. The Balaban J connectivity index is 2.69. The van der Waals surface area contributed by atoms with Crippen LogP contribution in [0.5, 0.6) is 0 Å². The quantitative estimate of drug-likeness (QED) is 0.739. The molecule has 1 amide bonds. The third-order valence-corrected chi connectivity index (χ3v) is 2.54. The summed E-state index contributed by atoms with van der Waals surface area (Å²) in [4.78, 5) is 13.5. The molecule has 0 aromatic carbocycles. The lowest BCUT2D eigenvalue weighted by Gasteiger charge is -2.25. The van der Waals surface area contributed by atoms with E-state index in [1.807, 2.05) is 7.05 Å². The fourth-order valence-electron chi connectivity index (χ4n) is 1.58. The first-order valence-corrected chi connectivity index (χ1v) is 5.01. The number of hydrogen-bond donors (Lipinski definition) is 0. The van der Waals surface area contributed by atoms with E-state index >= 15 is 0 Å². The first kappa shape index (κ1) is 10.8. The highest BCUT2D eigenvalue weighted by Gasteiger charge is 2.19. The monoisotopic (exact) mass is 195 g/mol. The van der Waals surface area contributed by atoms with Gasteiger partial charge in [-0.15, -0.1) is 0 Å². The van der Waals surface area contributed by atoms with Crippen molar-refractivity contribution in [3.63, 3.8) is 0 Å².